The highest BCUT2D eigenvalue weighted by Gasteiger charge is 2.12. The van der Waals surface area contributed by atoms with Crippen LogP contribution < -0.4 is 0 Å². The van der Waals surface area contributed by atoms with Crippen LogP contribution in [0.1, 0.15) is 123 Å². The van der Waals surface area contributed by atoms with Crippen molar-refractivity contribution in [3.05, 3.63) is 155 Å². The van der Waals surface area contributed by atoms with E-state index in [2.05, 4.69) is 135 Å². The smallest absolute Gasteiger partial charge is 0.338 e. The minimum absolute atomic E-state index is 0.273. The molecule has 0 aliphatic carbocycles. The number of hydrogen-bond donors (Lipinski definition) is 0. The molecule has 0 saturated carbocycles. The largest absolute Gasteiger partial charge is 0.462 e. The summed E-state index contributed by atoms with van der Waals surface area (Å²) in [4.78, 5) is 12.7. The van der Waals surface area contributed by atoms with Crippen LogP contribution in [0.15, 0.2) is 121 Å². The first kappa shape index (κ1) is 38.2. The summed E-state index contributed by atoms with van der Waals surface area (Å²) in [5.74, 6) is 13.6. The lowest BCUT2D eigenvalue weighted by atomic mass is 9.91. The average molecular weight is 709 g/mol. The third kappa shape index (κ3) is 10.3. The fourth-order valence-corrected chi connectivity index (χ4v) is 7.03. The molecule has 0 unspecified atom stereocenters. The Morgan fingerprint density at radius 3 is 1.39 bits per heavy atom. The number of rotatable bonds is 15. The third-order valence-corrected chi connectivity index (χ3v) is 10.2. The fraction of sp³-hybridized carbons (Fsp3) is 0.288. The van der Waals surface area contributed by atoms with Crippen LogP contribution in [0.4, 0.5) is 0 Å². The van der Waals surface area contributed by atoms with Crippen molar-refractivity contribution in [2.45, 2.75) is 90.9 Å². The van der Waals surface area contributed by atoms with Gasteiger partial charge < -0.3 is 4.74 Å². The number of unbranched alkanes of at least 4 members (excludes halogenated alkanes) is 9. The van der Waals surface area contributed by atoms with Gasteiger partial charge in [0.05, 0.1) is 12.2 Å². The molecular weight excluding hydrogens is 657 g/mol. The normalized spacial score (nSPS) is 10.8. The van der Waals surface area contributed by atoms with Crippen LogP contribution in [0, 0.1) is 23.7 Å². The molecule has 0 heterocycles. The van der Waals surface area contributed by atoms with Gasteiger partial charge in [-0.2, -0.15) is 0 Å². The molecule has 54 heavy (non-hydrogen) atoms. The zero-order chi connectivity index (χ0) is 37.4. The Balaban J connectivity index is 1.16. The molecule has 0 saturated heterocycles. The van der Waals surface area contributed by atoms with E-state index in [-0.39, 0.29) is 5.97 Å². The van der Waals surface area contributed by atoms with Gasteiger partial charge >= 0.3 is 5.97 Å². The molecule has 0 amide bonds. The summed E-state index contributed by atoms with van der Waals surface area (Å²) in [5, 5.41) is 4.31. The van der Waals surface area contributed by atoms with Crippen molar-refractivity contribution in [1.29, 1.82) is 0 Å². The predicted molar refractivity (Wildman–Crippen MR) is 228 cm³/mol. The lowest BCUT2D eigenvalue weighted by Gasteiger charge is -2.10. The molecule has 0 atom stereocenters. The van der Waals surface area contributed by atoms with Crippen molar-refractivity contribution < 1.29 is 9.53 Å². The van der Waals surface area contributed by atoms with Gasteiger partial charge in [-0.15, -0.1) is 0 Å². The molecule has 2 heteroatoms. The van der Waals surface area contributed by atoms with E-state index in [1.165, 1.54) is 74.5 Å². The molecule has 6 aromatic carbocycles. The fourth-order valence-electron chi connectivity index (χ4n) is 7.03. The molecule has 0 fully saturated rings. The Bertz CT molecular complexity index is 2200. The van der Waals surface area contributed by atoms with Crippen molar-refractivity contribution in [2.24, 2.45) is 0 Å². The molecule has 0 aliphatic heterocycles. The Kier molecular flexibility index (Phi) is 14.2. The first-order chi connectivity index (χ1) is 26.6. The quantitative estimate of drug-likeness (QED) is 0.0459. The van der Waals surface area contributed by atoms with Crippen molar-refractivity contribution in [3.8, 4) is 34.8 Å². The summed E-state index contributed by atoms with van der Waals surface area (Å²) in [7, 11) is 0. The Labute approximate surface area is 323 Å². The van der Waals surface area contributed by atoms with Crippen LogP contribution >= 0.6 is 0 Å². The summed E-state index contributed by atoms with van der Waals surface area (Å²) < 4.78 is 5.55. The van der Waals surface area contributed by atoms with Gasteiger partial charge in [-0.05, 0) is 93.9 Å². The molecule has 0 N–H and O–H groups in total. The summed E-state index contributed by atoms with van der Waals surface area (Å²) in [6.45, 7) is 4.96. The maximum Gasteiger partial charge on any atom is 0.338 e. The summed E-state index contributed by atoms with van der Waals surface area (Å²) in [5.41, 5.74) is 8.19. The Morgan fingerprint density at radius 1 is 0.463 bits per heavy atom. The molecular formula is C52H52O2. The highest BCUT2D eigenvalue weighted by molar-refractivity contribution is 6.09. The van der Waals surface area contributed by atoms with Gasteiger partial charge in [0.25, 0.3) is 0 Å². The number of fused-ring (bicyclic) bond motifs is 2. The standard InChI is InChI=1S/C52H52O2/c1-3-5-7-8-9-10-11-17-39-54-52(53)45-35-27-42(28-36-45)30-38-51-48-21-15-13-19-46(48)50(47-20-14-16-22-49(47)51)37-29-41-25-33-44(34-26-41)43-31-23-40(24-32-43)18-12-6-4-2/h13-16,19-28,31-36H,3-12,17-18,39H2,1-2H3. The number of aryl methyl sites for hydroxylation is 1. The zero-order valence-corrected chi connectivity index (χ0v) is 32.1. The van der Waals surface area contributed by atoms with Crippen LogP contribution in [0.5, 0.6) is 0 Å². The van der Waals surface area contributed by atoms with Gasteiger partial charge in [0.1, 0.15) is 0 Å². The van der Waals surface area contributed by atoms with Crippen molar-refractivity contribution in [2.75, 3.05) is 6.61 Å². The summed E-state index contributed by atoms with van der Waals surface area (Å²) in [6, 6.07) is 41.8. The van der Waals surface area contributed by atoms with E-state index in [1.807, 2.05) is 24.3 Å². The van der Waals surface area contributed by atoms with E-state index in [0.29, 0.717) is 12.2 Å². The molecule has 0 spiro atoms. The van der Waals surface area contributed by atoms with E-state index >= 15 is 0 Å². The van der Waals surface area contributed by atoms with Gasteiger partial charge in [0.15, 0.2) is 0 Å². The molecule has 2 nitrogen and oxygen atoms in total. The third-order valence-electron chi connectivity index (χ3n) is 10.2. The second kappa shape index (κ2) is 20.0. The molecule has 6 rings (SSSR count). The van der Waals surface area contributed by atoms with Crippen LogP contribution in [-0.4, -0.2) is 12.6 Å². The number of hydrogen-bond acceptors (Lipinski definition) is 2. The van der Waals surface area contributed by atoms with Gasteiger partial charge in [0.2, 0.25) is 0 Å². The van der Waals surface area contributed by atoms with Gasteiger partial charge in [-0.1, -0.05) is 180 Å². The number of ether oxygens (including phenoxy) is 1. The molecule has 272 valence electrons. The second-order valence-corrected chi connectivity index (χ2v) is 14.3. The first-order valence-corrected chi connectivity index (χ1v) is 20.1. The zero-order valence-electron chi connectivity index (χ0n) is 32.1. The van der Waals surface area contributed by atoms with E-state index in [1.54, 1.807) is 0 Å². The van der Waals surface area contributed by atoms with Crippen molar-refractivity contribution in [3.63, 3.8) is 0 Å². The maximum atomic E-state index is 12.7. The number of benzene rings is 6. The van der Waals surface area contributed by atoms with E-state index in [0.717, 1.165) is 63.1 Å². The van der Waals surface area contributed by atoms with Crippen LogP contribution in [-0.2, 0) is 11.2 Å². The maximum absolute atomic E-state index is 12.7. The lowest BCUT2D eigenvalue weighted by Crippen LogP contribution is -2.06. The van der Waals surface area contributed by atoms with Gasteiger partial charge in [-0.25, -0.2) is 4.79 Å². The van der Waals surface area contributed by atoms with E-state index in [4.69, 9.17) is 4.74 Å². The van der Waals surface area contributed by atoms with Crippen molar-refractivity contribution >= 4 is 27.5 Å². The highest BCUT2D eigenvalue weighted by atomic mass is 16.5. The molecule has 0 bridgehead atoms. The van der Waals surface area contributed by atoms with Crippen molar-refractivity contribution in [1.82, 2.24) is 0 Å². The minimum atomic E-state index is -0.273. The van der Waals surface area contributed by atoms with Crippen LogP contribution in [0.2, 0.25) is 0 Å². The number of esters is 1. The molecule has 6 aromatic rings. The van der Waals surface area contributed by atoms with E-state index < -0.39 is 0 Å². The van der Waals surface area contributed by atoms with Gasteiger partial charge in [-0.3, -0.25) is 0 Å². The summed E-state index contributed by atoms with van der Waals surface area (Å²) in [6.07, 6.45) is 14.6. The number of carbonyl (C=O) groups is 1. The molecule has 0 aromatic heterocycles. The lowest BCUT2D eigenvalue weighted by molar-refractivity contribution is 0.0497. The average Bonchev–Trinajstić information content (AvgIpc) is 3.22. The SMILES string of the molecule is CCCCCCCCCCOC(=O)c1ccc(C#Cc2c3ccccc3c(C#Cc3ccc(-c4ccc(CCCCC)cc4)cc3)c3ccccc23)cc1. The monoisotopic (exact) mass is 708 g/mol. The predicted octanol–water partition coefficient (Wildman–Crippen LogP) is 13.5. The number of carbonyl (C=O) groups excluding carboxylic acids is 1. The first-order valence-electron chi connectivity index (χ1n) is 20.1. The van der Waals surface area contributed by atoms with E-state index in [9.17, 15) is 4.79 Å². The van der Waals surface area contributed by atoms with Crippen LogP contribution in [0.25, 0.3) is 32.7 Å². The molecule has 0 aliphatic rings. The second-order valence-electron chi connectivity index (χ2n) is 14.3. The highest BCUT2D eigenvalue weighted by Crippen LogP contribution is 2.32. The Hall–Kier alpha value is -5.57. The Morgan fingerprint density at radius 2 is 0.889 bits per heavy atom. The van der Waals surface area contributed by atoms with Crippen LogP contribution in [0.3, 0.4) is 0 Å². The molecule has 0 radical (unpaired) electrons. The minimum Gasteiger partial charge on any atom is -0.462 e. The topological polar surface area (TPSA) is 26.3 Å². The van der Waals surface area contributed by atoms with Gasteiger partial charge in [0, 0.05) is 22.3 Å². The summed E-state index contributed by atoms with van der Waals surface area (Å²) >= 11 is 0.